The lowest BCUT2D eigenvalue weighted by atomic mass is 9.91. The van der Waals surface area contributed by atoms with E-state index in [1.165, 1.54) is 20.3 Å². The van der Waals surface area contributed by atoms with Crippen LogP contribution in [0.15, 0.2) is 12.1 Å². The number of aliphatic carboxylic acids is 1. The van der Waals surface area contributed by atoms with Crippen LogP contribution in [0.25, 0.3) is 0 Å². The molecule has 0 bridgehead atoms. The van der Waals surface area contributed by atoms with Gasteiger partial charge in [0, 0.05) is 17.0 Å². The molecule has 0 amide bonds. The molecule has 1 aliphatic rings. The number of phenols is 1. The first-order valence-corrected chi connectivity index (χ1v) is 5.69. The molecule has 0 atom stereocenters. The first-order chi connectivity index (χ1) is 8.52. The Balaban J connectivity index is 2.49. The molecule has 0 radical (unpaired) electrons. The SMILES string of the molecule is COc1cc(O)cc(C2(CC(=O)O)CC2)c1OC. The molecule has 0 aromatic heterocycles. The predicted octanol–water partition coefficient (Wildman–Crippen LogP) is 1.92. The summed E-state index contributed by atoms with van der Waals surface area (Å²) in [6, 6.07) is 3.02. The van der Waals surface area contributed by atoms with E-state index in [4.69, 9.17) is 14.6 Å². The fraction of sp³-hybridized carbons (Fsp3) is 0.462. The topological polar surface area (TPSA) is 76.0 Å². The van der Waals surface area contributed by atoms with Crippen molar-refractivity contribution in [1.29, 1.82) is 0 Å². The Kier molecular flexibility index (Phi) is 3.07. The second-order valence-corrected chi connectivity index (χ2v) is 4.58. The molecule has 1 aromatic rings. The molecule has 0 spiro atoms. The molecular formula is C13H16O5. The third-order valence-corrected chi connectivity index (χ3v) is 3.38. The van der Waals surface area contributed by atoms with Crippen molar-refractivity contribution in [2.75, 3.05) is 14.2 Å². The van der Waals surface area contributed by atoms with Gasteiger partial charge in [0.1, 0.15) is 5.75 Å². The molecule has 1 aliphatic carbocycles. The standard InChI is InChI=1S/C13H16O5/c1-17-10-6-8(14)5-9(12(10)18-2)13(3-4-13)7-11(15)16/h5-6,14H,3-4,7H2,1-2H3,(H,15,16). The van der Waals surface area contributed by atoms with E-state index in [9.17, 15) is 9.90 Å². The lowest BCUT2D eigenvalue weighted by Crippen LogP contribution is -2.14. The number of hydrogen-bond donors (Lipinski definition) is 2. The van der Waals surface area contributed by atoms with Crippen molar-refractivity contribution in [2.24, 2.45) is 0 Å². The summed E-state index contributed by atoms with van der Waals surface area (Å²) >= 11 is 0. The van der Waals surface area contributed by atoms with Gasteiger partial charge < -0.3 is 19.7 Å². The van der Waals surface area contributed by atoms with E-state index >= 15 is 0 Å². The lowest BCUT2D eigenvalue weighted by molar-refractivity contribution is -0.137. The van der Waals surface area contributed by atoms with Gasteiger partial charge in [-0.2, -0.15) is 0 Å². The van der Waals surface area contributed by atoms with Crippen LogP contribution in [0.2, 0.25) is 0 Å². The van der Waals surface area contributed by atoms with Crippen LogP contribution < -0.4 is 9.47 Å². The Morgan fingerprint density at radius 2 is 2.00 bits per heavy atom. The summed E-state index contributed by atoms with van der Waals surface area (Å²) in [5.74, 6) is 0.134. The average molecular weight is 252 g/mol. The minimum Gasteiger partial charge on any atom is -0.508 e. The van der Waals surface area contributed by atoms with E-state index in [0.29, 0.717) is 17.1 Å². The van der Waals surface area contributed by atoms with Gasteiger partial charge in [-0.05, 0) is 18.9 Å². The number of methoxy groups -OCH3 is 2. The third kappa shape index (κ3) is 2.08. The summed E-state index contributed by atoms with van der Waals surface area (Å²) in [6.07, 6.45) is 1.60. The first kappa shape index (κ1) is 12.5. The number of phenolic OH excluding ortho intramolecular Hbond substituents is 1. The molecule has 5 heteroatoms. The van der Waals surface area contributed by atoms with Crippen LogP contribution in [0, 0.1) is 0 Å². The summed E-state index contributed by atoms with van der Waals surface area (Å²) in [4.78, 5) is 10.9. The van der Waals surface area contributed by atoms with E-state index in [1.807, 2.05) is 0 Å². The van der Waals surface area contributed by atoms with Crippen molar-refractivity contribution in [1.82, 2.24) is 0 Å². The molecule has 1 aromatic carbocycles. The van der Waals surface area contributed by atoms with E-state index in [0.717, 1.165) is 12.8 Å². The molecule has 5 nitrogen and oxygen atoms in total. The lowest BCUT2D eigenvalue weighted by Gasteiger charge is -2.19. The van der Waals surface area contributed by atoms with E-state index in [2.05, 4.69) is 0 Å². The highest BCUT2D eigenvalue weighted by atomic mass is 16.5. The highest BCUT2D eigenvalue weighted by molar-refractivity contribution is 5.71. The number of benzene rings is 1. The molecule has 98 valence electrons. The Labute approximate surface area is 105 Å². The number of rotatable bonds is 5. The Bertz CT molecular complexity index is 477. The molecule has 1 fully saturated rings. The molecule has 2 N–H and O–H groups in total. The van der Waals surface area contributed by atoms with E-state index in [-0.39, 0.29) is 12.2 Å². The molecule has 2 rings (SSSR count). The molecular weight excluding hydrogens is 236 g/mol. The van der Waals surface area contributed by atoms with Crippen molar-refractivity contribution < 1.29 is 24.5 Å². The van der Waals surface area contributed by atoms with Crippen molar-refractivity contribution in [3.8, 4) is 17.2 Å². The number of aromatic hydroxyl groups is 1. The first-order valence-electron chi connectivity index (χ1n) is 5.69. The van der Waals surface area contributed by atoms with E-state index in [1.54, 1.807) is 6.07 Å². The van der Waals surface area contributed by atoms with Gasteiger partial charge >= 0.3 is 5.97 Å². The summed E-state index contributed by atoms with van der Waals surface area (Å²) in [7, 11) is 2.99. The summed E-state index contributed by atoms with van der Waals surface area (Å²) < 4.78 is 10.5. The fourth-order valence-electron chi connectivity index (χ4n) is 2.33. The second-order valence-electron chi connectivity index (χ2n) is 4.58. The van der Waals surface area contributed by atoms with Crippen molar-refractivity contribution in [2.45, 2.75) is 24.7 Å². The maximum Gasteiger partial charge on any atom is 0.304 e. The zero-order valence-electron chi connectivity index (χ0n) is 10.4. The van der Waals surface area contributed by atoms with Crippen LogP contribution in [0.4, 0.5) is 0 Å². The minimum atomic E-state index is -0.850. The fourth-order valence-corrected chi connectivity index (χ4v) is 2.33. The minimum absolute atomic E-state index is 0.0377. The zero-order chi connectivity index (χ0) is 13.3. The number of hydrogen-bond acceptors (Lipinski definition) is 4. The molecule has 0 saturated heterocycles. The zero-order valence-corrected chi connectivity index (χ0v) is 10.4. The Morgan fingerprint density at radius 3 is 2.44 bits per heavy atom. The average Bonchev–Trinajstić information content (AvgIpc) is 3.07. The highest BCUT2D eigenvalue weighted by Gasteiger charge is 2.48. The normalized spacial score (nSPS) is 16.1. The molecule has 1 saturated carbocycles. The van der Waals surface area contributed by atoms with Crippen molar-refractivity contribution >= 4 is 5.97 Å². The summed E-state index contributed by atoms with van der Waals surface area (Å²) in [6.45, 7) is 0. The van der Waals surface area contributed by atoms with Gasteiger partial charge in [0.2, 0.25) is 0 Å². The second kappa shape index (κ2) is 4.40. The van der Waals surface area contributed by atoms with Crippen LogP contribution in [0.5, 0.6) is 17.2 Å². The molecule has 0 aliphatic heterocycles. The van der Waals surface area contributed by atoms with E-state index < -0.39 is 11.4 Å². The van der Waals surface area contributed by atoms with Crippen LogP contribution in [0.3, 0.4) is 0 Å². The van der Waals surface area contributed by atoms with Crippen LogP contribution in [-0.4, -0.2) is 30.4 Å². The largest absolute Gasteiger partial charge is 0.508 e. The van der Waals surface area contributed by atoms with Crippen molar-refractivity contribution in [3.05, 3.63) is 17.7 Å². The molecule has 18 heavy (non-hydrogen) atoms. The Hall–Kier alpha value is -1.91. The Morgan fingerprint density at radius 1 is 1.33 bits per heavy atom. The quantitative estimate of drug-likeness (QED) is 0.837. The van der Waals surface area contributed by atoms with Gasteiger partial charge in [0.25, 0.3) is 0 Å². The van der Waals surface area contributed by atoms with Gasteiger partial charge in [-0.15, -0.1) is 0 Å². The number of carboxylic acid groups (broad SMARTS) is 1. The molecule has 0 heterocycles. The summed E-state index contributed by atoms with van der Waals surface area (Å²) in [5, 5.41) is 18.7. The third-order valence-electron chi connectivity index (χ3n) is 3.38. The maximum atomic E-state index is 10.9. The van der Waals surface area contributed by atoms with Gasteiger partial charge in [-0.3, -0.25) is 4.79 Å². The van der Waals surface area contributed by atoms with Crippen LogP contribution >= 0.6 is 0 Å². The number of carboxylic acids is 1. The molecule has 0 unspecified atom stereocenters. The predicted molar refractivity (Wildman–Crippen MR) is 64.4 cm³/mol. The smallest absolute Gasteiger partial charge is 0.304 e. The number of carbonyl (C=O) groups is 1. The maximum absolute atomic E-state index is 10.9. The van der Waals surface area contributed by atoms with Crippen molar-refractivity contribution in [3.63, 3.8) is 0 Å². The monoisotopic (exact) mass is 252 g/mol. The summed E-state index contributed by atoms with van der Waals surface area (Å²) in [5.41, 5.74) is 0.285. The van der Waals surface area contributed by atoms with Gasteiger partial charge in [0.15, 0.2) is 11.5 Å². The number of ether oxygens (including phenoxy) is 2. The van der Waals surface area contributed by atoms with Gasteiger partial charge in [0.05, 0.1) is 20.6 Å². The van der Waals surface area contributed by atoms with Gasteiger partial charge in [-0.1, -0.05) is 0 Å². The van der Waals surface area contributed by atoms with Crippen LogP contribution in [-0.2, 0) is 10.2 Å². The van der Waals surface area contributed by atoms with Crippen LogP contribution in [0.1, 0.15) is 24.8 Å². The highest BCUT2D eigenvalue weighted by Crippen LogP contribution is 2.56. The van der Waals surface area contributed by atoms with Gasteiger partial charge in [-0.25, -0.2) is 0 Å².